The van der Waals surface area contributed by atoms with Crippen molar-refractivity contribution in [2.24, 2.45) is 10.9 Å². The molecule has 3 aromatic rings. The van der Waals surface area contributed by atoms with Crippen molar-refractivity contribution in [3.63, 3.8) is 0 Å². The van der Waals surface area contributed by atoms with E-state index in [9.17, 15) is 18.4 Å². The molecule has 35 heavy (non-hydrogen) atoms. The fourth-order valence-corrected chi connectivity index (χ4v) is 5.10. The van der Waals surface area contributed by atoms with E-state index in [2.05, 4.69) is 6.07 Å². The maximum Gasteiger partial charge on any atom is 0.416 e. The molecule has 176 valence electrons. The van der Waals surface area contributed by atoms with E-state index in [0.29, 0.717) is 33.8 Å². The second-order valence-electron chi connectivity index (χ2n) is 9.01. The van der Waals surface area contributed by atoms with Gasteiger partial charge in [0, 0.05) is 5.56 Å². The number of rotatable bonds is 3. The third-order valence-corrected chi connectivity index (χ3v) is 6.52. The molecule has 0 fully saturated rings. The van der Waals surface area contributed by atoms with E-state index < -0.39 is 17.3 Å². The van der Waals surface area contributed by atoms with Gasteiger partial charge in [-0.1, -0.05) is 67.9 Å². The first-order chi connectivity index (χ1) is 16.7. The van der Waals surface area contributed by atoms with Crippen molar-refractivity contribution in [3.05, 3.63) is 101 Å². The zero-order chi connectivity index (χ0) is 25.0. The summed E-state index contributed by atoms with van der Waals surface area (Å²) >= 11 is 0. The number of amidine groups is 1. The van der Waals surface area contributed by atoms with Crippen LogP contribution in [0.25, 0.3) is 5.70 Å². The first kappa shape index (κ1) is 22.7. The first-order valence-electron chi connectivity index (χ1n) is 11.2. The monoisotopic (exact) mass is 473 g/mol. The number of ether oxygens (including phenoxy) is 1. The second-order valence-corrected chi connectivity index (χ2v) is 9.01. The zero-order valence-corrected chi connectivity index (χ0v) is 19.4. The van der Waals surface area contributed by atoms with Gasteiger partial charge in [-0.15, -0.1) is 0 Å². The minimum atomic E-state index is -4.54. The predicted octanol–water partition coefficient (Wildman–Crippen LogP) is 7.07. The highest BCUT2D eigenvalue weighted by atomic mass is 19.4. The number of benzene rings is 3. The van der Waals surface area contributed by atoms with E-state index in [0.717, 1.165) is 12.1 Å². The molecule has 0 N–H and O–H groups in total. The summed E-state index contributed by atoms with van der Waals surface area (Å²) in [5, 5.41) is 10.6. The molecule has 1 atom stereocenters. The fraction of sp³-hybridized carbons (Fsp3) is 0.214. The van der Waals surface area contributed by atoms with Gasteiger partial charge in [-0.3, -0.25) is 4.90 Å². The summed E-state index contributed by atoms with van der Waals surface area (Å²) in [7, 11) is 0. The van der Waals surface area contributed by atoms with E-state index in [4.69, 9.17) is 9.73 Å². The Hall–Kier alpha value is -4.05. The van der Waals surface area contributed by atoms with Crippen molar-refractivity contribution in [1.82, 2.24) is 0 Å². The smallest absolute Gasteiger partial charge is 0.416 e. The number of aryl methyl sites for hydroxylation is 1. The van der Waals surface area contributed by atoms with Gasteiger partial charge in [0.05, 0.1) is 28.6 Å². The number of hydrogen-bond acceptors (Lipinski definition) is 4. The van der Waals surface area contributed by atoms with Crippen LogP contribution in [0.1, 0.15) is 36.1 Å². The van der Waals surface area contributed by atoms with E-state index in [1.54, 1.807) is 24.0 Å². The van der Waals surface area contributed by atoms with Gasteiger partial charge in [-0.05, 0) is 42.7 Å². The number of halogens is 3. The number of aliphatic imine (C=N–C) groups is 1. The van der Waals surface area contributed by atoms with Gasteiger partial charge in [-0.2, -0.15) is 23.4 Å². The third-order valence-electron chi connectivity index (χ3n) is 6.52. The Kier molecular flexibility index (Phi) is 5.21. The Morgan fingerprint density at radius 3 is 2.34 bits per heavy atom. The van der Waals surface area contributed by atoms with E-state index >= 15 is 0 Å². The van der Waals surface area contributed by atoms with Crippen LogP contribution in [0.5, 0.6) is 5.75 Å². The normalized spacial score (nSPS) is 19.1. The van der Waals surface area contributed by atoms with Crippen LogP contribution in [-0.4, -0.2) is 6.02 Å². The zero-order valence-electron chi connectivity index (χ0n) is 19.4. The Labute approximate surface area is 201 Å². The topological polar surface area (TPSA) is 48.6 Å². The molecule has 0 bridgehead atoms. The molecule has 3 aromatic carbocycles. The van der Waals surface area contributed by atoms with Crippen LogP contribution in [0, 0.1) is 24.2 Å². The molecule has 0 radical (unpaired) electrons. The Bertz CT molecular complexity index is 1420. The fourth-order valence-electron chi connectivity index (χ4n) is 5.10. The van der Waals surface area contributed by atoms with Gasteiger partial charge < -0.3 is 4.74 Å². The highest BCUT2D eigenvalue weighted by molar-refractivity contribution is 6.07. The molecule has 0 spiro atoms. The van der Waals surface area contributed by atoms with Crippen LogP contribution in [-0.2, 0) is 11.7 Å². The molecule has 0 amide bonds. The first-order valence-corrected chi connectivity index (χ1v) is 11.2. The largest absolute Gasteiger partial charge is 0.423 e. The molecule has 2 aliphatic heterocycles. The lowest BCUT2D eigenvalue weighted by atomic mass is 9.70. The molecule has 2 aliphatic rings. The average Bonchev–Trinajstić information content (AvgIpc) is 3.20. The van der Waals surface area contributed by atoms with Crippen LogP contribution in [0.3, 0.4) is 0 Å². The maximum atomic E-state index is 13.9. The molecule has 0 aromatic heterocycles. The van der Waals surface area contributed by atoms with Gasteiger partial charge in [-0.25, -0.2) is 0 Å². The van der Waals surface area contributed by atoms with Gasteiger partial charge >= 0.3 is 12.2 Å². The van der Waals surface area contributed by atoms with Gasteiger partial charge in [0.2, 0.25) is 0 Å². The van der Waals surface area contributed by atoms with Crippen molar-refractivity contribution in [2.75, 3.05) is 4.90 Å². The van der Waals surface area contributed by atoms with Crippen molar-refractivity contribution in [1.29, 1.82) is 5.26 Å². The number of para-hydroxylation sites is 2. The number of nitriles is 1. The minimum absolute atomic E-state index is 0.229. The molecule has 1 unspecified atom stereocenters. The average molecular weight is 473 g/mol. The van der Waals surface area contributed by atoms with E-state index in [1.165, 1.54) is 0 Å². The summed E-state index contributed by atoms with van der Waals surface area (Å²) in [4.78, 5) is 6.52. The minimum Gasteiger partial charge on any atom is -0.423 e. The van der Waals surface area contributed by atoms with Crippen LogP contribution in [0.15, 0.2) is 83.4 Å². The molecular formula is C28H22F3N3O. The Morgan fingerprint density at radius 2 is 1.69 bits per heavy atom. The summed E-state index contributed by atoms with van der Waals surface area (Å²) < 4.78 is 47.9. The Morgan fingerprint density at radius 1 is 1.00 bits per heavy atom. The van der Waals surface area contributed by atoms with E-state index in [-0.39, 0.29) is 17.5 Å². The molecule has 2 heterocycles. The summed E-state index contributed by atoms with van der Waals surface area (Å²) in [5.74, 6) is 0.200. The van der Waals surface area contributed by atoms with Crippen molar-refractivity contribution >= 4 is 17.4 Å². The number of alkyl halides is 3. The Balaban J connectivity index is 1.92. The van der Waals surface area contributed by atoms with E-state index in [1.807, 2.05) is 62.4 Å². The van der Waals surface area contributed by atoms with Gasteiger partial charge in [0.1, 0.15) is 5.54 Å². The van der Waals surface area contributed by atoms with Crippen LogP contribution in [0.2, 0.25) is 0 Å². The SMILES string of the molecule is Cc1cc(C(F)(F)F)cc(C2(C(C)C)C(C#N)=C(c3ccccc3)N=C3Oc4ccccc4N32)c1. The van der Waals surface area contributed by atoms with Crippen molar-refractivity contribution in [3.8, 4) is 11.8 Å². The van der Waals surface area contributed by atoms with Crippen LogP contribution >= 0.6 is 0 Å². The number of hydrogen-bond donors (Lipinski definition) is 0. The van der Waals surface area contributed by atoms with Crippen LogP contribution < -0.4 is 9.64 Å². The van der Waals surface area contributed by atoms with Crippen molar-refractivity contribution < 1.29 is 17.9 Å². The second kappa shape index (κ2) is 8.02. The lowest BCUT2D eigenvalue weighted by Gasteiger charge is -2.47. The standard InChI is InChI=1S/C28H22F3N3O/c1-17(2)27(20-13-18(3)14-21(15-20)28(29,30)31)22(16-32)25(19-9-5-4-6-10-19)33-26-34(27)23-11-7-8-12-24(23)35-26/h4-15,17H,1-3H3. The molecule has 0 aliphatic carbocycles. The summed E-state index contributed by atoms with van der Waals surface area (Å²) in [6.45, 7) is 5.44. The number of nitrogens with zero attached hydrogens (tertiary/aromatic N) is 3. The molecule has 0 saturated carbocycles. The molecule has 4 nitrogen and oxygen atoms in total. The van der Waals surface area contributed by atoms with Crippen LogP contribution in [0.4, 0.5) is 18.9 Å². The number of fused-ring (bicyclic) bond motifs is 3. The molecular weight excluding hydrogens is 451 g/mol. The summed E-state index contributed by atoms with van der Waals surface area (Å²) in [5.41, 5.74) is 0.735. The number of anilines is 1. The third kappa shape index (κ3) is 3.40. The quantitative estimate of drug-likeness (QED) is 0.409. The highest BCUT2D eigenvalue weighted by Crippen LogP contribution is 2.54. The predicted molar refractivity (Wildman–Crippen MR) is 129 cm³/mol. The highest BCUT2D eigenvalue weighted by Gasteiger charge is 2.55. The molecule has 5 rings (SSSR count). The summed E-state index contributed by atoms with van der Waals surface area (Å²) in [6, 6.07) is 23.0. The molecule has 0 saturated heterocycles. The van der Waals surface area contributed by atoms with Crippen molar-refractivity contribution in [2.45, 2.75) is 32.5 Å². The lowest BCUT2D eigenvalue weighted by molar-refractivity contribution is -0.137. The summed E-state index contributed by atoms with van der Waals surface area (Å²) in [6.07, 6.45) is -4.54. The maximum absolute atomic E-state index is 13.9. The molecule has 7 heteroatoms. The van der Waals surface area contributed by atoms with Gasteiger partial charge in [0.15, 0.2) is 5.75 Å². The lowest BCUT2D eigenvalue weighted by Crippen LogP contribution is -2.55. The van der Waals surface area contributed by atoms with Gasteiger partial charge in [0.25, 0.3) is 0 Å².